The summed E-state index contributed by atoms with van der Waals surface area (Å²) in [5.41, 5.74) is 11.4. The van der Waals surface area contributed by atoms with Crippen molar-refractivity contribution in [1.29, 1.82) is 0 Å². The van der Waals surface area contributed by atoms with Crippen molar-refractivity contribution in [3.05, 3.63) is 35.4 Å². The van der Waals surface area contributed by atoms with E-state index in [-0.39, 0.29) is 11.5 Å². The van der Waals surface area contributed by atoms with E-state index in [1.54, 1.807) is 0 Å². The lowest BCUT2D eigenvalue weighted by molar-refractivity contribution is 0.464. The Morgan fingerprint density at radius 1 is 1.33 bits per heavy atom. The molecule has 0 saturated carbocycles. The SMILES string of the molecule is CC(CN)CC(N)c1cc(F)ccc1F. The van der Waals surface area contributed by atoms with E-state index in [1.807, 2.05) is 6.92 Å². The molecule has 0 bridgehead atoms. The van der Waals surface area contributed by atoms with Crippen LogP contribution in [0.5, 0.6) is 0 Å². The fourth-order valence-electron chi connectivity index (χ4n) is 1.46. The van der Waals surface area contributed by atoms with Crippen molar-refractivity contribution in [3.63, 3.8) is 0 Å². The Bertz CT molecular complexity index is 328. The fraction of sp³-hybridized carbons (Fsp3) is 0.455. The van der Waals surface area contributed by atoms with E-state index in [2.05, 4.69) is 0 Å². The molecule has 0 spiro atoms. The van der Waals surface area contributed by atoms with Crippen molar-refractivity contribution < 1.29 is 8.78 Å². The van der Waals surface area contributed by atoms with Gasteiger partial charge in [-0.2, -0.15) is 0 Å². The van der Waals surface area contributed by atoms with Crippen LogP contribution < -0.4 is 11.5 Å². The molecule has 0 aliphatic rings. The van der Waals surface area contributed by atoms with Gasteiger partial charge in [-0.15, -0.1) is 0 Å². The molecule has 2 atom stereocenters. The summed E-state index contributed by atoms with van der Waals surface area (Å²) >= 11 is 0. The first-order valence-electron chi connectivity index (χ1n) is 4.95. The van der Waals surface area contributed by atoms with E-state index in [4.69, 9.17) is 11.5 Å². The van der Waals surface area contributed by atoms with Crippen LogP contribution in [-0.4, -0.2) is 6.54 Å². The highest BCUT2D eigenvalue weighted by atomic mass is 19.1. The van der Waals surface area contributed by atoms with Crippen LogP contribution in [0.1, 0.15) is 24.9 Å². The number of halogens is 2. The summed E-state index contributed by atoms with van der Waals surface area (Å²) in [4.78, 5) is 0. The minimum atomic E-state index is -0.501. The maximum absolute atomic E-state index is 13.3. The third-order valence-electron chi connectivity index (χ3n) is 2.42. The lowest BCUT2D eigenvalue weighted by Gasteiger charge is -2.16. The average molecular weight is 214 g/mol. The molecule has 0 aliphatic heterocycles. The molecule has 0 heterocycles. The number of nitrogens with two attached hydrogens (primary N) is 2. The number of hydrogen-bond acceptors (Lipinski definition) is 2. The minimum absolute atomic E-state index is 0.197. The van der Waals surface area contributed by atoms with E-state index < -0.39 is 17.7 Å². The third kappa shape index (κ3) is 3.25. The highest BCUT2D eigenvalue weighted by Gasteiger charge is 2.14. The van der Waals surface area contributed by atoms with Gasteiger partial charge in [-0.3, -0.25) is 0 Å². The largest absolute Gasteiger partial charge is 0.330 e. The highest BCUT2D eigenvalue weighted by molar-refractivity contribution is 5.22. The summed E-state index contributed by atoms with van der Waals surface area (Å²) in [7, 11) is 0. The van der Waals surface area contributed by atoms with Gasteiger partial charge in [-0.1, -0.05) is 6.92 Å². The Balaban J connectivity index is 2.80. The Hall–Kier alpha value is -1.00. The predicted octanol–water partition coefficient (Wildman–Crippen LogP) is 1.95. The molecule has 0 aromatic heterocycles. The highest BCUT2D eigenvalue weighted by Crippen LogP contribution is 2.21. The molecule has 0 fully saturated rings. The van der Waals surface area contributed by atoms with Gasteiger partial charge in [0.1, 0.15) is 11.6 Å². The maximum Gasteiger partial charge on any atom is 0.128 e. The zero-order valence-corrected chi connectivity index (χ0v) is 8.71. The van der Waals surface area contributed by atoms with Crippen LogP contribution in [0.25, 0.3) is 0 Å². The second-order valence-electron chi connectivity index (χ2n) is 3.85. The van der Waals surface area contributed by atoms with Gasteiger partial charge in [-0.05, 0) is 37.1 Å². The summed E-state index contributed by atoms with van der Waals surface area (Å²) in [6.45, 7) is 2.42. The summed E-state index contributed by atoms with van der Waals surface area (Å²) in [5.74, 6) is -0.738. The molecule has 0 saturated heterocycles. The van der Waals surface area contributed by atoms with Gasteiger partial charge in [0.05, 0.1) is 0 Å². The summed E-state index contributed by atoms with van der Waals surface area (Å²) in [5, 5.41) is 0. The van der Waals surface area contributed by atoms with Crippen LogP contribution in [0.4, 0.5) is 8.78 Å². The molecule has 1 rings (SSSR count). The second kappa shape index (κ2) is 5.19. The molecule has 0 aliphatic carbocycles. The molecule has 84 valence electrons. The Morgan fingerprint density at radius 2 is 2.00 bits per heavy atom. The zero-order valence-electron chi connectivity index (χ0n) is 8.71. The van der Waals surface area contributed by atoms with E-state index in [9.17, 15) is 8.78 Å². The van der Waals surface area contributed by atoms with Gasteiger partial charge >= 0.3 is 0 Å². The number of rotatable bonds is 4. The topological polar surface area (TPSA) is 52.0 Å². The third-order valence-corrected chi connectivity index (χ3v) is 2.42. The number of hydrogen-bond donors (Lipinski definition) is 2. The van der Waals surface area contributed by atoms with Gasteiger partial charge < -0.3 is 11.5 Å². The maximum atomic E-state index is 13.3. The van der Waals surface area contributed by atoms with Crippen molar-refractivity contribution in [2.45, 2.75) is 19.4 Å². The first-order chi connectivity index (χ1) is 7.04. The summed E-state index contributed by atoms with van der Waals surface area (Å²) < 4.78 is 26.2. The monoisotopic (exact) mass is 214 g/mol. The van der Waals surface area contributed by atoms with Crippen molar-refractivity contribution >= 4 is 0 Å². The standard InChI is InChI=1S/C11H16F2N2/c1-7(6-14)4-11(15)9-5-8(12)2-3-10(9)13/h2-3,5,7,11H,4,6,14-15H2,1H3. The molecular weight excluding hydrogens is 198 g/mol. The quantitative estimate of drug-likeness (QED) is 0.804. The predicted molar refractivity (Wildman–Crippen MR) is 56.1 cm³/mol. The first-order valence-corrected chi connectivity index (χ1v) is 4.95. The van der Waals surface area contributed by atoms with Crippen molar-refractivity contribution in [1.82, 2.24) is 0 Å². The van der Waals surface area contributed by atoms with Gasteiger partial charge in [0.15, 0.2) is 0 Å². The van der Waals surface area contributed by atoms with E-state index >= 15 is 0 Å². The van der Waals surface area contributed by atoms with Crippen LogP contribution in [-0.2, 0) is 0 Å². The molecule has 2 nitrogen and oxygen atoms in total. The Morgan fingerprint density at radius 3 is 2.60 bits per heavy atom. The molecule has 1 aromatic carbocycles. The van der Waals surface area contributed by atoms with E-state index in [0.29, 0.717) is 13.0 Å². The van der Waals surface area contributed by atoms with Crippen LogP contribution in [0.15, 0.2) is 18.2 Å². The van der Waals surface area contributed by atoms with Crippen molar-refractivity contribution in [3.8, 4) is 0 Å². The molecule has 4 heteroatoms. The molecule has 2 unspecified atom stereocenters. The lowest BCUT2D eigenvalue weighted by Crippen LogP contribution is -2.20. The van der Waals surface area contributed by atoms with Crippen LogP contribution >= 0.6 is 0 Å². The fourth-order valence-corrected chi connectivity index (χ4v) is 1.46. The first kappa shape index (κ1) is 12.1. The van der Waals surface area contributed by atoms with Gasteiger partial charge in [0, 0.05) is 11.6 Å². The average Bonchev–Trinajstić information content (AvgIpc) is 2.21. The normalized spacial score (nSPS) is 15.0. The second-order valence-corrected chi connectivity index (χ2v) is 3.85. The van der Waals surface area contributed by atoms with Gasteiger partial charge in [0.25, 0.3) is 0 Å². The van der Waals surface area contributed by atoms with Gasteiger partial charge in [0.2, 0.25) is 0 Å². The van der Waals surface area contributed by atoms with Crippen LogP contribution in [0.2, 0.25) is 0 Å². The smallest absolute Gasteiger partial charge is 0.128 e. The Labute approximate surface area is 88.3 Å². The molecule has 4 N–H and O–H groups in total. The van der Waals surface area contributed by atoms with Crippen LogP contribution in [0.3, 0.4) is 0 Å². The molecule has 0 amide bonds. The van der Waals surface area contributed by atoms with E-state index in [1.165, 1.54) is 0 Å². The Kier molecular flexibility index (Phi) is 4.17. The molecule has 1 aromatic rings. The van der Waals surface area contributed by atoms with Crippen LogP contribution in [0, 0.1) is 17.6 Å². The van der Waals surface area contributed by atoms with Gasteiger partial charge in [-0.25, -0.2) is 8.78 Å². The van der Waals surface area contributed by atoms with E-state index in [0.717, 1.165) is 18.2 Å². The zero-order chi connectivity index (χ0) is 11.4. The molecule has 15 heavy (non-hydrogen) atoms. The summed E-state index contributed by atoms with van der Waals surface area (Å²) in [6, 6.07) is 2.82. The molecular formula is C11H16F2N2. The van der Waals surface area contributed by atoms with Crippen molar-refractivity contribution in [2.75, 3.05) is 6.54 Å². The van der Waals surface area contributed by atoms with Crippen molar-refractivity contribution in [2.24, 2.45) is 17.4 Å². The minimum Gasteiger partial charge on any atom is -0.330 e. The number of benzene rings is 1. The lowest BCUT2D eigenvalue weighted by atomic mass is 9.96. The summed E-state index contributed by atoms with van der Waals surface area (Å²) in [6.07, 6.45) is 0.552. The molecule has 0 radical (unpaired) electrons.